The third-order valence-electron chi connectivity index (χ3n) is 2.47. The average Bonchev–Trinajstić information content (AvgIpc) is 2.26. The highest BCUT2D eigenvalue weighted by molar-refractivity contribution is 7.84. The number of aromatic carboxylic acids is 1. The first kappa shape index (κ1) is 15.0. The molecule has 1 aromatic rings. The van der Waals surface area contributed by atoms with E-state index in [1.54, 1.807) is 24.5 Å². The highest BCUT2D eigenvalue weighted by Crippen LogP contribution is 2.25. The molecule has 2 atom stereocenters. The minimum Gasteiger partial charge on any atom is -0.478 e. The zero-order valence-corrected chi connectivity index (χ0v) is 11.8. The van der Waals surface area contributed by atoms with Crippen molar-refractivity contribution in [2.24, 2.45) is 0 Å². The van der Waals surface area contributed by atoms with Gasteiger partial charge in [0.1, 0.15) is 5.56 Å². The summed E-state index contributed by atoms with van der Waals surface area (Å²) >= 11 is 5.87. The Morgan fingerprint density at radius 2 is 2.22 bits per heavy atom. The lowest BCUT2D eigenvalue weighted by Gasteiger charge is -2.17. The summed E-state index contributed by atoms with van der Waals surface area (Å²) in [5.41, 5.74) is 0.563. The van der Waals surface area contributed by atoms with Crippen LogP contribution in [0.4, 0.5) is 5.69 Å². The number of benzene rings is 1. The summed E-state index contributed by atoms with van der Waals surface area (Å²) in [6.45, 7) is 1.92. The number of carboxylic acid groups (broad SMARTS) is 1. The molecule has 0 aliphatic heterocycles. The van der Waals surface area contributed by atoms with Gasteiger partial charge in [0, 0.05) is 28.9 Å². The number of carboxylic acids is 1. The standard InChI is InChI=1S/C12H16ClNO3S/c1-8(6-7-18(2)17)14-10-5-3-4-9(13)11(10)12(15)16/h3-5,8,14H,6-7H2,1-2H3,(H,15,16). The quantitative estimate of drug-likeness (QED) is 0.845. The maximum atomic E-state index is 11.1. The summed E-state index contributed by atoms with van der Waals surface area (Å²) in [6.07, 6.45) is 2.35. The fourth-order valence-electron chi connectivity index (χ4n) is 1.54. The maximum Gasteiger partial charge on any atom is 0.339 e. The van der Waals surface area contributed by atoms with Crippen LogP contribution in [0.15, 0.2) is 18.2 Å². The molecule has 100 valence electrons. The van der Waals surface area contributed by atoms with Gasteiger partial charge in [0.25, 0.3) is 0 Å². The minimum absolute atomic E-state index is 0.0328. The molecule has 0 heterocycles. The summed E-state index contributed by atoms with van der Waals surface area (Å²) in [6, 6.07) is 4.95. The van der Waals surface area contributed by atoms with E-state index >= 15 is 0 Å². The van der Waals surface area contributed by atoms with Gasteiger partial charge in [-0.05, 0) is 25.5 Å². The minimum atomic E-state index is -1.06. The third-order valence-corrected chi connectivity index (χ3v) is 3.59. The monoisotopic (exact) mass is 289 g/mol. The molecule has 1 rings (SSSR count). The number of halogens is 1. The fourth-order valence-corrected chi connectivity index (χ4v) is 2.48. The van der Waals surface area contributed by atoms with E-state index in [-0.39, 0.29) is 16.6 Å². The molecule has 2 N–H and O–H groups in total. The topological polar surface area (TPSA) is 66.4 Å². The molecular formula is C12H16ClNO3S. The van der Waals surface area contributed by atoms with Crippen LogP contribution >= 0.6 is 11.6 Å². The van der Waals surface area contributed by atoms with Gasteiger partial charge in [-0.2, -0.15) is 0 Å². The first-order valence-electron chi connectivity index (χ1n) is 5.50. The van der Waals surface area contributed by atoms with Crippen molar-refractivity contribution in [1.29, 1.82) is 0 Å². The van der Waals surface area contributed by atoms with Crippen LogP contribution in [0.25, 0.3) is 0 Å². The molecule has 0 aliphatic carbocycles. The Labute approximate surface area is 114 Å². The van der Waals surface area contributed by atoms with Crippen molar-refractivity contribution in [3.05, 3.63) is 28.8 Å². The molecule has 18 heavy (non-hydrogen) atoms. The highest BCUT2D eigenvalue weighted by Gasteiger charge is 2.15. The molecule has 0 amide bonds. The third kappa shape index (κ3) is 4.31. The molecule has 0 saturated heterocycles. The first-order valence-corrected chi connectivity index (χ1v) is 7.60. The molecule has 0 bridgehead atoms. The van der Waals surface area contributed by atoms with Crippen molar-refractivity contribution in [1.82, 2.24) is 0 Å². The second-order valence-corrected chi connectivity index (χ2v) is 6.04. The van der Waals surface area contributed by atoms with Gasteiger partial charge in [0.05, 0.1) is 10.7 Å². The number of hydrogen-bond acceptors (Lipinski definition) is 3. The lowest BCUT2D eigenvalue weighted by Crippen LogP contribution is -2.19. The van der Waals surface area contributed by atoms with Gasteiger partial charge in [0.15, 0.2) is 0 Å². The molecule has 0 radical (unpaired) electrons. The van der Waals surface area contributed by atoms with Gasteiger partial charge in [-0.3, -0.25) is 4.21 Å². The summed E-state index contributed by atoms with van der Waals surface area (Å²) < 4.78 is 11.0. The zero-order chi connectivity index (χ0) is 13.7. The molecule has 0 aliphatic rings. The van der Waals surface area contributed by atoms with Crippen molar-refractivity contribution in [2.75, 3.05) is 17.3 Å². The van der Waals surface area contributed by atoms with Gasteiger partial charge >= 0.3 is 5.97 Å². The van der Waals surface area contributed by atoms with Crippen molar-refractivity contribution in [3.8, 4) is 0 Å². The second kappa shape index (κ2) is 6.75. The van der Waals surface area contributed by atoms with E-state index in [1.807, 2.05) is 6.92 Å². The Morgan fingerprint density at radius 3 is 2.78 bits per heavy atom. The van der Waals surface area contributed by atoms with Crippen LogP contribution in [-0.4, -0.2) is 33.3 Å². The number of hydrogen-bond donors (Lipinski definition) is 2. The first-order chi connectivity index (χ1) is 8.41. The van der Waals surface area contributed by atoms with Gasteiger partial charge in [-0.1, -0.05) is 17.7 Å². The zero-order valence-electron chi connectivity index (χ0n) is 10.3. The molecule has 2 unspecified atom stereocenters. The van der Waals surface area contributed by atoms with Crippen molar-refractivity contribution >= 4 is 34.1 Å². The Kier molecular flexibility index (Phi) is 5.62. The van der Waals surface area contributed by atoms with Crippen molar-refractivity contribution in [3.63, 3.8) is 0 Å². The lowest BCUT2D eigenvalue weighted by atomic mass is 10.1. The van der Waals surface area contributed by atoms with Gasteiger partial charge in [-0.15, -0.1) is 0 Å². The lowest BCUT2D eigenvalue weighted by molar-refractivity contribution is 0.0698. The van der Waals surface area contributed by atoms with Gasteiger partial charge < -0.3 is 10.4 Å². The molecular weight excluding hydrogens is 274 g/mol. The van der Waals surface area contributed by atoms with E-state index in [9.17, 15) is 9.00 Å². The van der Waals surface area contributed by atoms with Crippen LogP contribution in [0.1, 0.15) is 23.7 Å². The van der Waals surface area contributed by atoms with Crippen LogP contribution in [0, 0.1) is 0 Å². The average molecular weight is 290 g/mol. The Balaban J connectivity index is 2.81. The van der Waals surface area contributed by atoms with E-state index in [4.69, 9.17) is 16.7 Å². The summed E-state index contributed by atoms with van der Waals surface area (Å²) in [5.74, 6) is -0.480. The van der Waals surface area contributed by atoms with Crippen LogP contribution in [0.2, 0.25) is 5.02 Å². The van der Waals surface area contributed by atoms with Crippen LogP contribution in [0.3, 0.4) is 0 Å². The van der Waals surface area contributed by atoms with E-state index in [0.29, 0.717) is 17.9 Å². The Bertz CT molecular complexity index is 465. The largest absolute Gasteiger partial charge is 0.478 e. The second-order valence-electron chi connectivity index (χ2n) is 4.08. The molecule has 0 saturated carbocycles. The number of rotatable bonds is 6. The smallest absolute Gasteiger partial charge is 0.339 e. The normalized spacial score (nSPS) is 13.9. The Hall–Kier alpha value is -1.07. The van der Waals surface area contributed by atoms with Crippen molar-refractivity contribution in [2.45, 2.75) is 19.4 Å². The number of nitrogens with one attached hydrogen (secondary N) is 1. The van der Waals surface area contributed by atoms with Crippen molar-refractivity contribution < 1.29 is 14.1 Å². The molecule has 0 fully saturated rings. The predicted molar refractivity (Wildman–Crippen MR) is 75.0 cm³/mol. The Morgan fingerprint density at radius 1 is 1.56 bits per heavy atom. The molecule has 1 aromatic carbocycles. The summed E-state index contributed by atoms with van der Waals surface area (Å²) in [5, 5.41) is 12.4. The highest BCUT2D eigenvalue weighted by atomic mass is 35.5. The maximum absolute atomic E-state index is 11.1. The fraction of sp³-hybridized carbons (Fsp3) is 0.417. The van der Waals surface area contributed by atoms with E-state index in [1.165, 1.54) is 0 Å². The van der Waals surface area contributed by atoms with E-state index in [2.05, 4.69) is 5.32 Å². The van der Waals surface area contributed by atoms with Crippen LogP contribution < -0.4 is 5.32 Å². The molecule has 0 spiro atoms. The SMILES string of the molecule is CC(CCS(C)=O)Nc1cccc(Cl)c1C(=O)O. The summed E-state index contributed by atoms with van der Waals surface area (Å²) in [7, 11) is -0.845. The van der Waals surface area contributed by atoms with Crippen LogP contribution in [0.5, 0.6) is 0 Å². The van der Waals surface area contributed by atoms with Crippen LogP contribution in [-0.2, 0) is 10.8 Å². The summed E-state index contributed by atoms with van der Waals surface area (Å²) in [4.78, 5) is 11.1. The van der Waals surface area contributed by atoms with E-state index < -0.39 is 16.8 Å². The predicted octanol–water partition coefficient (Wildman–Crippen LogP) is 2.61. The number of carbonyl (C=O) groups is 1. The molecule has 0 aromatic heterocycles. The number of anilines is 1. The van der Waals surface area contributed by atoms with E-state index in [0.717, 1.165) is 0 Å². The molecule has 4 nitrogen and oxygen atoms in total. The van der Waals surface area contributed by atoms with Gasteiger partial charge in [-0.25, -0.2) is 4.79 Å². The molecule has 6 heteroatoms. The van der Waals surface area contributed by atoms with Gasteiger partial charge in [0.2, 0.25) is 0 Å².